The van der Waals surface area contributed by atoms with E-state index in [1.165, 1.54) is 0 Å². The third-order valence-corrected chi connectivity index (χ3v) is 2.12. The summed E-state index contributed by atoms with van der Waals surface area (Å²) < 4.78 is 27.2. The second-order valence-electron chi connectivity index (χ2n) is 0.601. The van der Waals surface area contributed by atoms with Crippen molar-refractivity contribution in [1.82, 2.24) is 0 Å². The largest absolute Gasteiger partial charge is 0.404 e. The molecule has 0 heterocycles. The Hall–Kier alpha value is 0.730. The van der Waals surface area contributed by atoms with Crippen LogP contribution in [0.1, 0.15) is 0 Å². The SMILES string of the molecule is O=S(=O)(OP)OP. The van der Waals surface area contributed by atoms with Gasteiger partial charge in [-0.25, -0.2) is 7.94 Å². The van der Waals surface area contributed by atoms with E-state index in [4.69, 9.17) is 0 Å². The third kappa shape index (κ3) is 3.32. The maximum Gasteiger partial charge on any atom is 0.404 e. The Balaban J connectivity index is 3.89. The molecular weight excluding hydrogens is 158 g/mol. The summed E-state index contributed by atoms with van der Waals surface area (Å²) in [6.45, 7) is 0. The first kappa shape index (κ1) is 7.73. The predicted octanol–water partition coefficient (Wildman–Crippen LogP) is -0.155. The summed E-state index contributed by atoms with van der Waals surface area (Å²) in [5.74, 6) is 0. The van der Waals surface area contributed by atoms with Gasteiger partial charge in [0.25, 0.3) is 0 Å². The fraction of sp³-hybridized carbons (Fsp3) is 0. The lowest BCUT2D eigenvalue weighted by molar-refractivity contribution is 0.436. The molecule has 44 valence electrons. The molecule has 0 bridgehead atoms. The van der Waals surface area contributed by atoms with Crippen molar-refractivity contribution in [2.45, 2.75) is 0 Å². The van der Waals surface area contributed by atoms with Crippen LogP contribution in [0.2, 0.25) is 0 Å². The quantitative estimate of drug-likeness (QED) is 0.529. The van der Waals surface area contributed by atoms with E-state index >= 15 is 0 Å². The zero-order valence-corrected chi connectivity index (χ0v) is 6.32. The van der Waals surface area contributed by atoms with Crippen LogP contribution in [0.5, 0.6) is 0 Å². The minimum absolute atomic E-state index is 1.54. The Kier molecular flexibility index (Phi) is 3.20. The molecule has 0 amide bonds. The molecular formula is H4O4P2S. The average molecular weight is 162 g/mol. The highest BCUT2D eigenvalue weighted by Gasteiger charge is 2.01. The zero-order chi connectivity index (χ0) is 5.91. The third-order valence-electron chi connectivity index (χ3n) is 0.236. The van der Waals surface area contributed by atoms with Gasteiger partial charge in [0.15, 0.2) is 0 Å². The predicted molar refractivity (Wildman–Crippen MR) is 30.5 cm³/mol. The van der Waals surface area contributed by atoms with Gasteiger partial charge in [-0.05, 0) is 0 Å². The van der Waals surface area contributed by atoms with Crippen LogP contribution in [-0.4, -0.2) is 8.42 Å². The summed E-state index contributed by atoms with van der Waals surface area (Å²) >= 11 is 0. The molecule has 0 N–H and O–H groups in total. The van der Waals surface area contributed by atoms with E-state index in [9.17, 15) is 8.42 Å². The number of hydrogen-bond donors (Lipinski definition) is 0. The first-order chi connectivity index (χ1) is 3.12. The molecule has 0 radical (unpaired) electrons. The van der Waals surface area contributed by atoms with E-state index in [1.807, 2.05) is 0 Å². The Bertz CT molecular complexity index is 113. The van der Waals surface area contributed by atoms with Crippen LogP contribution in [-0.2, 0) is 18.3 Å². The van der Waals surface area contributed by atoms with Gasteiger partial charge in [-0.15, -0.1) is 0 Å². The topological polar surface area (TPSA) is 52.6 Å². The molecule has 0 aliphatic rings. The first-order valence-corrected chi connectivity index (χ1v) is 3.41. The molecule has 0 aromatic rings. The Morgan fingerprint density at radius 1 is 1.14 bits per heavy atom. The first-order valence-electron chi connectivity index (χ1n) is 1.14. The second kappa shape index (κ2) is 2.90. The van der Waals surface area contributed by atoms with Gasteiger partial charge < -0.3 is 0 Å². The fourth-order valence-corrected chi connectivity index (χ4v) is 0.612. The number of hydrogen-bond acceptors (Lipinski definition) is 4. The summed E-state index contributed by atoms with van der Waals surface area (Å²) in [7, 11) is -0.646. The maximum absolute atomic E-state index is 9.88. The summed E-state index contributed by atoms with van der Waals surface area (Å²) in [5.41, 5.74) is 0. The molecule has 0 fully saturated rings. The van der Waals surface area contributed by atoms with Crippen LogP contribution in [0.4, 0.5) is 0 Å². The fourth-order valence-electron chi connectivity index (χ4n) is 0.0227. The van der Waals surface area contributed by atoms with Crippen molar-refractivity contribution in [3.8, 4) is 0 Å². The molecule has 7 heavy (non-hydrogen) atoms. The standard InChI is InChI=1S/H4O4P2S/c1-7(2,3-5)4-6/h5-6H2. The Labute approximate surface area is 46.5 Å². The van der Waals surface area contributed by atoms with Gasteiger partial charge in [0.05, 0.1) is 0 Å². The van der Waals surface area contributed by atoms with Crippen LogP contribution < -0.4 is 0 Å². The molecule has 2 unspecified atom stereocenters. The molecule has 4 nitrogen and oxygen atoms in total. The van der Waals surface area contributed by atoms with Crippen molar-refractivity contribution in [1.29, 1.82) is 0 Å². The van der Waals surface area contributed by atoms with Gasteiger partial charge in [0.1, 0.15) is 0 Å². The molecule has 0 rings (SSSR count). The molecule has 0 spiro atoms. The van der Waals surface area contributed by atoms with Crippen LogP contribution in [0.25, 0.3) is 0 Å². The van der Waals surface area contributed by atoms with Crippen molar-refractivity contribution in [3.63, 3.8) is 0 Å². The molecule has 7 heteroatoms. The highest BCUT2D eigenvalue weighted by Crippen LogP contribution is 2.03. The molecule has 2 atom stereocenters. The maximum atomic E-state index is 9.88. The molecule has 0 aliphatic carbocycles. The van der Waals surface area contributed by atoms with Crippen LogP contribution >= 0.6 is 18.9 Å². The van der Waals surface area contributed by atoms with Crippen molar-refractivity contribution >= 4 is 29.3 Å². The van der Waals surface area contributed by atoms with Gasteiger partial charge in [0.2, 0.25) is 0 Å². The van der Waals surface area contributed by atoms with E-state index < -0.39 is 10.4 Å². The number of rotatable bonds is 2. The normalized spacial score (nSPS) is 11.7. The summed E-state index contributed by atoms with van der Waals surface area (Å²) in [4.78, 5) is 0. The highest BCUT2D eigenvalue weighted by atomic mass is 32.3. The van der Waals surface area contributed by atoms with E-state index in [0.717, 1.165) is 0 Å². The summed E-state index contributed by atoms with van der Waals surface area (Å²) in [6, 6.07) is 0. The monoisotopic (exact) mass is 162 g/mol. The van der Waals surface area contributed by atoms with E-state index in [-0.39, 0.29) is 0 Å². The van der Waals surface area contributed by atoms with Crippen molar-refractivity contribution in [3.05, 3.63) is 0 Å². The summed E-state index contributed by atoms with van der Waals surface area (Å²) in [5, 5.41) is 0. The lowest BCUT2D eigenvalue weighted by Gasteiger charge is -1.90. The Morgan fingerprint density at radius 2 is 1.43 bits per heavy atom. The van der Waals surface area contributed by atoms with Crippen molar-refractivity contribution in [2.24, 2.45) is 0 Å². The lowest BCUT2D eigenvalue weighted by Crippen LogP contribution is -1.94. The second-order valence-corrected chi connectivity index (χ2v) is 2.96. The molecule has 0 saturated heterocycles. The molecule has 0 aromatic carbocycles. The van der Waals surface area contributed by atoms with E-state index in [2.05, 4.69) is 7.94 Å². The molecule has 0 aromatic heterocycles. The molecule has 0 saturated carbocycles. The van der Waals surface area contributed by atoms with Gasteiger partial charge in [-0.3, -0.25) is 0 Å². The smallest absolute Gasteiger partial charge is 0.232 e. The molecule has 0 aliphatic heterocycles. The van der Waals surface area contributed by atoms with Crippen LogP contribution in [0.15, 0.2) is 0 Å². The van der Waals surface area contributed by atoms with E-state index in [0.29, 0.717) is 0 Å². The van der Waals surface area contributed by atoms with Gasteiger partial charge in [0, 0.05) is 18.9 Å². The zero-order valence-electron chi connectivity index (χ0n) is 3.20. The van der Waals surface area contributed by atoms with Gasteiger partial charge in [-0.2, -0.15) is 8.42 Å². The average Bonchev–Trinajstić information content (AvgIpc) is 1.68. The minimum Gasteiger partial charge on any atom is -0.232 e. The highest BCUT2D eigenvalue weighted by molar-refractivity contribution is 7.86. The summed E-state index contributed by atoms with van der Waals surface area (Å²) in [6.07, 6.45) is 0. The van der Waals surface area contributed by atoms with Gasteiger partial charge in [-0.1, -0.05) is 0 Å². The van der Waals surface area contributed by atoms with Crippen LogP contribution in [0.3, 0.4) is 0 Å². The van der Waals surface area contributed by atoms with Crippen molar-refractivity contribution < 1.29 is 16.4 Å². The van der Waals surface area contributed by atoms with E-state index in [1.54, 1.807) is 18.9 Å². The lowest BCUT2D eigenvalue weighted by atomic mass is 15.8. The minimum atomic E-state index is -3.73. The Morgan fingerprint density at radius 3 is 1.43 bits per heavy atom. The van der Waals surface area contributed by atoms with Gasteiger partial charge >= 0.3 is 10.4 Å². The van der Waals surface area contributed by atoms with Crippen LogP contribution in [0, 0.1) is 0 Å². The van der Waals surface area contributed by atoms with Crippen molar-refractivity contribution in [2.75, 3.05) is 0 Å².